The van der Waals surface area contributed by atoms with Crippen LogP contribution in [0.3, 0.4) is 0 Å². The average Bonchev–Trinajstić information content (AvgIpc) is 3.56. The van der Waals surface area contributed by atoms with Crippen LogP contribution in [-0.4, -0.2) is 74.9 Å². The molecule has 2 unspecified atom stereocenters. The first-order chi connectivity index (χ1) is 42.0. The summed E-state index contributed by atoms with van der Waals surface area (Å²) >= 11 is 0. The summed E-state index contributed by atoms with van der Waals surface area (Å²) in [5.41, 5.74) is 0. The molecule has 10 heteroatoms. The molecule has 1 N–H and O–H groups in total. The van der Waals surface area contributed by atoms with Crippen molar-refractivity contribution in [2.24, 2.45) is 0 Å². The van der Waals surface area contributed by atoms with Gasteiger partial charge in [-0.25, -0.2) is 4.57 Å². The highest BCUT2D eigenvalue weighted by Crippen LogP contribution is 2.43. The van der Waals surface area contributed by atoms with E-state index in [0.29, 0.717) is 17.4 Å². The van der Waals surface area contributed by atoms with Crippen LogP contribution in [-0.2, 0) is 32.7 Å². The van der Waals surface area contributed by atoms with Gasteiger partial charge in [0.25, 0.3) is 0 Å². The molecule has 2 atom stereocenters. The molecule has 494 valence electrons. The maximum Gasteiger partial charge on any atom is 0.472 e. The maximum atomic E-state index is 12.9. The lowest BCUT2D eigenvalue weighted by atomic mass is 10.0. The van der Waals surface area contributed by atoms with E-state index in [9.17, 15) is 19.0 Å². The van der Waals surface area contributed by atoms with Crippen LogP contribution in [0.4, 0.5) is 0 Å². The monoisotopic (exact) mass is 1220 g/mol. The van der Waals surface area contributed by atoms with E-state index >= 15 is 0 Å². The van der Waals surface area contributed by atoms with Crippen molar-refractivity contribution in [1.29, 1.82) is 0 Å². The van der Waals surface area contributed by atoms with Crippen LogP contribution in [0.5, 0.6) is 0 Å². The van der Waals surface area contributed by atoms with Crippen molar-refractivity contribution in [1.82, 2.24) is 0 Å². The lowest BCUT2D eigenvalue weighted by molar-refractivity contribution is -0.870. The van der Waals surface area contributed by atoms with E-state index in [1.165, 1.54) is 161 Å². The first kappa shape index (κ1) is 82.4. The number of ether oxygens (including phenoxy) is 2. The van der Waals surface area contributed by atoms with Crippen molar-refractivity contribution in [3.05, 3.63) is 122 Å². The Morgan fingerprint density at radius 2 is 0.628 bits per heavy atom. The van der Waals surface area contributed by atoms with Gasteiger partial charge in [0, 0.05) is 12.8 Å². The number of unbranched alkanes of at least 4 members (excludes halogenated alkanes) is 30. The van der Waals surface area contributed by atoms with Crippen LogP contribution in [0.15, 0.2) is 122 Å². The van der Waals surface area contributed by atoms with Gasteiger partial charge in [0.15, 0.2) is 6.10 Å². The molecule has 0 spiro atoms. The molecule has 0 radical (unpaired) electrons. The van der Waals surface area contributed by atoms with E-state index in [1.54, 1.807) is 0 Å². The van der Waals surface area contributed by atoms with Gasteiger partial charge in [0.05, 0.1) is 27.7 Å². The molecule has 0 aliphatic heterocycles. The van der Waals surface area contributed by atoms with Crippen LogP contribution in [0.1, 0.15) is 296 Å². The molecule has 86 heavy (non-hydrogen) atoms. The van der Waals surface area contributed by atoms with Crippen LogP contribution in [0.2, 0.25) is 0 Å². The van der Waals surface area contributed by atoms with Crippen molar-refractivity contribution < 1.29 is 42.1 Å². The number of carbonyl (C=O) groups excluding carboxylic acids is 2. The Morgan fingerprint density at radius 1 is 0.360 bits per heavy atom. The fourth-order valence-corrected chi connectivity index (χ4v) is 10.4. The Labute approximate surface area is 530 Å². The first-order valence-electron chi connectivity index (χ1n) is 35.3. The Bertz CT molecular complexity index is 1870. The molecule has 0 aliphatic carbocycles. The topological polar surface area (TPSA) is 108 Å². The van der Waals surface area contributed by atoms with Gasteiger partial charge in [0.1, 0.15) is 19.8 Å². The summed E-state index contributed by atoms with van der Waals surface area (Å²) in [6.07, 6.45) is 94.4. The zero-order valence-corrected chi connectivity index (χ0v) is 57.2. The fraction of sp³-hybridized carbons (Fsp3) is 0.711. The second kappa shape index (κ2) is 65.8. The minimum Gasteiger partial charge on any atom is -0.462 e. The van der Waals surface area contributed by atoms with Crippen LogP contribution in [0.25, 0.3) is 0 Å². The highest BCUT2D eigenvalue weighted by atomic mass is 31.2. The molecule has 0 aromatic carbocycles. The van der Waals surface area contributed by atoms with Gasteiger partial charge in [-0.15, -0.1) is 0 Å². The standard InChI is InChI=1S/C76H132NO8P/c1-6-8-10-12-14-16-18-20-22-24-26-28-30-32-34-36-38-40-42-44-46-48-50-52-54-56-58-60-62-64-66-68-75(78)82-72-74(73-84-86(80,81)83-71-70-77(3,4)5)85-76(79)69-67-65-63-61-59-57-55-53-51-49-47-45-43-41-39-37-35-33-31-29-27-25-23-21-19-17-15-13-11-9-7-2/h8-11,14-17,20-23,26-29,33,35,39,41,74H,6-7,12-13,18-19,24-25,30-32,34,36-38,40,42-73H2,1-5H3/p+1/b10-8-,11-9-,16-14-,17-15-,22-20-,23-21-,28-26-,29-27-,35-33-,41-39-. The largest absolute Gasteiger partial charge is 0.472 e. The SMILES string of the molecule is CC/C=C\C/C=C\C/C=C\C/C=C\C/C=C\C/C=C\CCCCCCCCCCCCCCC(=O)OC(COC(=O)CCCCCCCCCCCCCCCCCCCC/C=C\C/C=C\C/C=C\C/C=C\CC)COP(=O)(O)OCC[N+](C)(C)C. The van der Waals surface area contributed by atoms with Crippen molar-refractivity contribution >= 4 is 19.8 Å². The molecule has 0 rings (SSSR count). The number of rotatable bonds is 64. The average molecular weight is 1220 g/mol. The summed E-state index contributed by atoms with van der Waals surface area (Å²) in [5, 5.41) is 0. The number of nitrogens with zero attached hydrogens (tertiary/aromatic N) is 1. The third kappa shape index (κ3) is 69.5. The van der Waals surface area contributed by atoms with E-state index in [1.807, 2.05) is 21.1 Å². The highest BCUT2D eigenvalue weighted by molar-refractivity contribution is 7.47. The number of hydrogen-bond donors (Lipinski definition) is 1. The molecule has 0 saturated carbocycles. The third-order valence-corrected chi connectivity index (χ3v) is 16.0. The van der Waals surface area contributed by atoms with Crippen molar-refractivity contribution in [3.8, 4) is 0 Å². The van der Waals surface area contributed by atoms with Crippen LogP contribution >= 0.6 is 7.82 Å². The number of phosphoric acid groups is 1. The van der Waals surface area contributed by atoms with E-state index < -0.39 is 26.5 Å². The van der Waals surface area contributed by atoms with Gasteiger partial charge in [0.2, 0.25) is 0 Å². The lowest BCUT2D eigenvalue weighted by Crippen LogP contribution is -2.37. The number of allylic oxidation sites excluding steroid dienone is 20. The normalized spacial score (nSPS) is 13.9. The smallest absolute Gasteiger partial charge is 0.462 e. The summed E-state index contributed by atoms with van der Waals surface area (Å²) in [7, 11) is 1.47. The number of likely N-dealkylation sites (N-methyl/N-ethyl adjacent to an activating group) is 1. The van der Waals surface area contributed by atoms with Crippen molar-refractivity contribution in [3.63, 3.8) is 0 Å². The number of hydrogen-bond acceptors (Lipinski definition) is 7. The molecular formula is C76H133NO8P+. The van der Waals surface area contributed by atoms with Crippen LogP contribution in [0, 0.1) is 0 Å². The Morgan fingerprint density at radius 3 is 0.930 bits per heavy atom. The molecule has 9 nitrogen and oxygen atoms in total. The van der Waals surface area contributed by atoms with Gasteiger partial charge < -0.3 is 18.9 Å². The van der Waals surface area contributed by atoms with Gasteiger partial charge in [-0.2, -0.15) is 0 Å². The van der Waals surface area contributed by atoms with E-state index in [0.717, 1.165) is 103 Å². The Kier molecular flexibility index (Phi) is 63.1. The summed E-state index contributed by atoms with van der Waals surface area (Å²) in [6, 6.07) is 0. The molecule has 0 aliphatic rings. The minimum absolute atomic E-state index is 0.0277. The molecular weight excluding hydrogens is 1090 g/mol. The summed E-state index contributed by atoms with van der Waals surface area (Å²) in [5.74, 6) is -0.795. The predicted molar refractivity (Wildman–Crippen MR) is 371 cm³/mol. The summed E-state index contributed by atoms with van der Waals surface area (Å²) in [4.78, 5) is 35.9. The van der Waals surface area contributed by atoms with Gasteiger partial charge in [-0.3, -0.25) is 18.6 Å². The number of quaternary nitrogens is 1. The Balaban J connectivity index is 4.05. The second-order valence-electron chi connectivity index (χ2n) is 24.5. The van der Waals surface area contributed by atoms with Gasteiger partial charge in [-0.1, -0.05) is 302 Å². The molecule has 0 bridgehead atoms. The van der Waals surface area contributed by atoms with E-state index in [2.05, 4.69) is 135 Å². The molecule has 0 aromatic heterocycles. The van der Waals surface area contributed by atoms with Crippen LogP contribution < -0.4 is 0 Å². The number of carbonyl (C=O) groups is 2. The van der Waals surface area contributed by atoms with E-state index in [-0.39, 0.29) is 32.0 Å². The van der Waals surface area contributed by atoms with E-state index in [4.69, 9.17) is 18.5 Å². The molecule has 0 fully saturated rings. The third-order valence-electron chi connectivity index (χ3n) is 15.0. The lowest BCUT2D eigenvalue weighted by Gasteiger charge is -2.24. The molecule has 0 saturated heterocycles. The number of esters is 2. The fourth-order valence-electron chi connectivity index (χ4n) is 9.66. The summed E-state index contributed by atoms with van der Waals surface area (Å²) < 4.78 is 34.7. The zero-order chi connectivity index (χ0) is 62.6. The zero-order valence-electron chi connectivity index (χ0n) is 56.3. The van der Waals surface area contributed by atoms with Crippen molar-refractivity contribution in [2.75, 3.05) is 47.5 Å². The number of phosphoric ester groups is 1. The summed E-state index contributed by atoms with van der Waals surface area (Å²) in [6.45, 7) is 4.23. The van der Waals surface area contributed by atoms with Crippen molar-refractivity contribution in [2.45, 2.75) is 302 Å². The second-order valence-corrected chi connectivity index (χ2v) is 26.0. The molecule has 0 aromatic rings. The molecule has 0 amide bonds. The predicted octanol–water partition coefficient (Wildman–Crippen LogP) is 23.0. The molecule has 0 heterocycles. The maximum absolute atomic E-state index is 12.9. The van der Waals surface area contributed by atoms with Gasteiger partial charge >= 0.3 is 19.8 Å². The minimum atomic E-state index is -4.40. The Hall–Kier alpha value is -3.59. The highest BCUT2D eigenvalue weighted by Gasteiger charge is 2.27. The first-order valence-corrected chi connectivity index (χ1v) is 36.8. The quantitative estimate of drug-likeness (QED) is 0.0211. The van der Waals surface area contributed by atoms with Gasteiger partial charge in [-0.05, 0) is 103 Å².